The van der Waals surface area contributed by atoms with E-state index in [1.165, 1.54) is 24.3 Å². The number of fused-ring (bicyclic) bond motifs is 1. The number of carbonyl (C=O) groups is 1. The number of anilines is 1. The average molecular weight is 283 g/mol. The van der Waals surface area contributed by atoms with Crippen molar-refractivity contribution in [1.82, 2.24) is 0 Å². The van der Waals surface area contributed by atoms with Crippen LogP contribution in [-0.2, 0) is 0 Å². The van der Waals surface area contributed by atoms with Crippen molar-refractivity contribution in [3.63, 3.8) is 0 Å². The van der Waals surface area contributed by atoms with Gasteiger partial charge in [-0.2, -0.15) is 0 Å². The van der Waals surface area contributed by atoms with E-state index in [9.17, 15) is 9.18 Å². The zero-order chi connectivity index (χ0) is 15.0. The Hall–Kier alpha value is -2.62. The van der Waals surface area contributed by atoms with Crippen LogP contribution in [0.15, 0.2) is 46.9 Å². The first kappa shape index (κ1) is 13.4. The van der Waals surface area contributed by atoms with Crippen molar-refractivity contribution in [1.29, 1.82) is 0 Å². The molecule has 1 aromatic heterocycles. The van der Waals surface area contributed by atoms with E-state index in [0.717, 1.165) is 16.8 Å². The molecule has 1 heterocycles. The van der Waals surface area contributed by atoms with E-state index >= 15 is 0 Å². The molecule has 21 heavy (non-hydrogen) atoms. The first-order valence-corrected chi connectivity index (χ1v) is 6.60. The summed E-state index contributed by atoms with van der Waals surface area (Å²) in [6.45, 7) is 3.92. The van der Waals surface area contributed by atoms with E-state index in [1.807, 2.05) is 32.0 Å². The summed E-state index contributed by atoms with van der Waals surface area (Å²) in [5, 5.41) is 3.37. The normalized spacial score (nSPS) is 10.8. The Morgan fingerprint density at radius 1 is 1.10 bits per heavy atom. The maximum Gasteiger partial charge on any atom is 0.291 e. The summed E-state index contributed by atoms with van der Waals surface area (Å²) in [4.78, 5) is 12.2. The lowest BCUT2D eigenvalue weighted by Crippen LogP contribution is -2.11. The third-order valence-corrected chi connectivity index (χ3v) is 3.33. The summed E-state index contributed by atoms with van der Waals surface area (Å²) in [6, 6.07) is 11.5. The smallest absolute Gasteiger partial charge is 0.291 e. The zero-order valence-electron chi connectivity index (χ0n) is 11.7. The molecule has 0 atom stereocenters. The van der Waals surface area contributed by atoms with Gasteiger partial charge in [0.15, 0.2) is 5.76 Å². The van der Waals surface area contributed by atoms with Gasteiger partial charge in [0.2, 0.25) is 0 Å². The molecule has 3 nitrogen and oxygen atoms in total. The third kappa shape index (κ3) is 2.65. The maximum atomic E-state index is 13.1. The van der Waals surface area contributed by atoms with Gasteiger partial charge >= 0.3 is 0 Å². The molecular formula is C17H14FNO2. The van der Waals surface area contributed by atoms with E-state index < -0.39 is 0 Å². The number of benzene rings is 2. The predicted molar refractivity (Wildman–Crippen MR) is 80.0 cm³/mol. The lowest BCUT2D eigenvalue weighted by atomic mass is 10.1. The Morgan fingerprint density at radius 2 is 1.90 bits per heavy atom. The van der Waals surface area contributed by atoms with E-state index in [1.54, 1.807) is 0 Å². The Labute approximate surface area is 121 Å². The molecular weight excluding hydrogens is 269 g/mol. The van der Waals surface area contributed by atoms with Crippen molar-refractivity contribution >= 4 is 22.6 Å². The van der Waals surface area contributed by atoms with Crippen LogP contribution in [0.1, 0.15) is 21.7 Å². The minimum atomic E-state index is -0.357. The number of halogens is 1. The van der Waals surface area contributed by atoms with Crippen molar-refractivity contribution in [2.24, 2.45) is 0 Å². The summed E-state index contributed by atoms with van der Waals surface area (Å²) in [6.07, 6.45) is 0. The monoisotopic (exact) mass is 283 g/mol. The molecule has 4 heteroatoms. The fourth-order valence-electron chi connectivity index (χ4n) is 2.26. The topological polar surface area (TPSA) is 42.2 Å². The average Bonchev–Trinajstić information content (AvgIpc) is 2.85. The minimum Gasteiger partial charge on any atom is -0.451 e. The second-order valence-electron chi connectivity index (χ2n) is 5.07. The van der Waals surface area contributed by atoms with Gasteiger partial charge in [0, 0.05) is 11.1 Å². The highest BCUT2D eigenvalue weighted by molar-refractivity contribution is 6.04. The molecule has 0 saturated heterocycles. The first-order chi connectivity index (χ1) is 10.0. The van der Waals surface area contributed by atoms with Crippen LogP contribution in [0.5, 0.6) is 0 Å². The molecule has 0 aliphatic carbocycles. The number of hydrogen-bond donors (Lipinski definition) is 1. The number of amides is 1. The van der Waals surface area contributed by atoms with Gasteiger partial charge in [-0.25, -0.2) is 4.39 Å². The molecule has 106 valence electrons. The van der Waals surface area contributed by atoms with Gasteiger partial charge in [-0.05, 0) is 49.7 Å². The maximum absolute atomic E-state index is 13.1. The predicted octanol–water partition coefficient (Wildman–Crippen LogP) is 4.44. The SMILES string of the molecule is Cc1ccc(NC(=O)c2cc3cc(F)ccc3o2)c(C)c1. The standard InChI is InChI=1S/C17H14FNO2/c1-10-3-5-14(11(2)7-10)19-17(20)16-9-12-8-13(18)4-6-15(12)21-16/h3-9H,1-2H3,(H,19,20). The first-order valence-electron chi connectivity index (χ1n) is 6.60. The second kappa shape index (κ2) is 5.05. The molecule has 0 saturated carbocycles. The Kier molecular flexibility index (Phi) is 3.22. The Morgan fingerprint density at radius 3 is 2.67 bits per heavy atom. The van der Waals surface area contributed by atoms with E-state index in [0.29, 0.717) is 11.0 Å². The Bertz CT molecular complexity index is 836. The van der Waals surface area contributed by atoms with E-state index in [2.05, 4.69) is 5.32 Å². The zero-order valence-corrected chi connectivity index (χ0v) is 11.7. The minimum absolute atomic E-state index is 0.163. The van der Waals surface area contributed by atoms with Crippen molar-refractivity contribution in [3.05, 3.63) is 65.2 Å². The van der Waals surface area contributed by atoms with Crippen LogP contribution in [0, 0.1) is 19.7 Å². The van der Waals surface area contributed by atoms with Gasteiger partial charge in [-0.3, -0.25) is 4.79 Å². The van der Waals surface area contributed by atoms with Gasteiger partial charge in [-0.1, -0.05) is 17.7 Å². The number of aryl methyl sites for hydroxylation is 2. The van der Waals surface area contributed by atoms with E-state index in [4.69, 9.17) is 4.42 Å². The van der Waals surface area contributed by atoms with Crippen molar-refractivity contribution < 1.29 is 13.6 Å². The van der Waals surface area contributed by atoms with Crippen LogP contribution in [0.3, 0.4) is 0 Å². The molecule has 3 aromatic rings. The molecule has 3 rings (SSSR count). The van der Waals surface area contributed by atoms with Gasteiger partial charge in [0.25, 0.3) is 5.91 Å². The molecule has 0 aliphatic rings. The fraction of sp³-hybridized carbons (Fsp3) is 0.118. The summed E-state index contributed by atoms with van der Waals surface area (Å²) >= 11 is 0. The highest BCUT2D eigenvalue weighted by Gasteiger charge is 2.13. The number of hydrogen-bond acceptors (Lipinski definition) is 2. The lowest BCUT2D eigenvalue weighted by molar-refractivity contribution is 0.0998. The second-order valence-corrected chi connectivity index (χ2v) is 5.07. The highest BCUT2D eigenvalue weighted by Crippen LogP contribution is 2.22. The van der Waals surface area contributed by atoms with Gasteiger partial charge < -0.3 is 9.73 Å². The number of nitrogens with one attached hydrogen (secondary N) is 1. The third-order valence-electron chi connectivity index (χ3n) is 3.33. The molecule has 2 aromatic carbocycles. The van der Waals surface area contributed by atoms with Gasteiger partial charge in [0.05, 0.1) is 0 Å². The van der Waals surface area contributed by atoms with Crippen LogP contribution in [0.2, 0.25) is 0 Å². The van der Waals surface area contributed by atoms with Gasteiger partial charge in [-0.15, -0.1) is 0 Å². The number of carbonyl (C=O) groups excluding carboxylic acids is 1. The molecule has 0 fully saturated rings. The molecule has 1 amide bonds. The number of rotatable bonds is 2. The van der Waals surface area contributed by atoms with Crippen LogP contribution in [-0.4, -0.2) is 5.91 Å². The van der Waals surface area contributed by atoms with Crippen LogP contribution < -0.4 is 5.32 Å². The summed E-state index contributed by atoms with van der Waals surface area (Å²) in [5.74, 6) is -0.543. The van der Waals surface area contributed by atoms with Crippen molar-refractivity contribution in [2.75, 3.05) is 5.32 Å². The molecule has 0 radical (unpaired) electrons. The quantitative estimate of drug-likeness (QED) is 0.755. The summed E-state index contributed by atoms with van der Waals surface area (Å²) in [7, 11) is 0. The van der Waals surface area contributed by atoms with Crippen LogP contribution in [0.25, 0.3) is 11.0 Å². The van der Waals surface area contributed by atoms with Crippen molar-refractivity contribution in [3.8, 4) is 0 Å². The van der Waals surface area contributed by atoms with Crippen LogP contribution >= 0.6 is 0 Å². The molecule has 0 spiro atoms. The van der Waals surface area contributed by atoms with Gasteiger partial charge in [0.1, 0.15) is 11.4 Å². The Balaban J connectivity index is 1.89. The highest BCUT2D eigenvalue weighted by atomic mass is 19.1. The molecule has 0 aliphatic heterocycles. The number of furan rings is 1. The van der Waals surface area contributed by atoms with E-state index in [-0.39, 0.29) is 17.5 Å². The van der Waals surface area contributed by atoms with Crippen LogP contribution in [0.4, 0.5) is 10.1 Å². The fourth-order valence-corrected chi connectivity index (χ4v) is 2.26. The van der Waals surface area contributed by atoms with Crippen molar-refractivity contribution in [2.45, 2.75) is 13.8 Å². The largest absolute Gasteiger partial charge is 0.451 e. The summed E-state index contributed by atoms with van der Waals surface area (Å²) in [5.41, 5.74) is 3.33. The lowest BCUT2D eigenvalue weighted by Gasteiger charge is -2.07. The molecule has 1 N–H and O–H groups in total. The molecule has 0 unspecified atom stereocenters. The molecule has 0 bridgehead atoms. The summed E-state index contributed by atoms with van der Waals surface area (Å²) < 4.78 is 18.6.